The average Bonchev–Trinajstić information content (AvgIpc) is 3.33. The van der Waals surface area contributed by atoms with Gasteiger partial charge in [-0.15, -0.1) is 0 Å². The number of hydrogen-bond acceptors (Lipinski definition) is 4. The molecule has 3 aliphatic carbocycles. The van der Waals surface area contributed by atoms with Crippen LogP contribution in [0.15, 0.2) is 41.8 Å². The van der Waals surface area contributed by atoms with Crippen molar-refractivity contribution in [3.8, 4) is 0 Å². The summed E-state index contributed by atoms with van der Waals surface area (Å²) < 4.78 is 7.44. The fraction of sp³-hybridized carbons (Fsp3) is 0.690. The van der Waals surface area contributed by atoms with E-state index < -0.39 is 0 Å². The molecule has 1 aromatic rings. The van der Waals surface area contributed by atoms with Crippen LogP contribution in [0.4, 0.5) is 0 Å². The molecule has 4 heteroatoms. The lowest BCUT2D eigenvalue weighted by Crippen LogP contribution is -2.57. The highest BCUT2D eigenvalue weighted by molar-refractivity contribution is 5.47. The molecule has 0 radical (unpaired) electrons. The summed E-state index contributed by atoms with van der Waals surface area (Å²) in [5.74, 6) is 0.641. The standard InChI is InChI=1S/C29H39N3O/c1-27-11-8-23-16-22-4-5-24(31(2)3)17-28(22)12-13-29(23,33-28)25(27)6-7-26(27)32-15-10-20-9-14-30-18-21(20)19-32/h8-9,14,16,18,24-26H,4-7,10-13,15,17,19H2,1-3H3/t24-,25+,26-,27-,28+,29+/m0/s1. The van der Waals surface area contributed by atoms with E-state index in [0.29, 0.717) is 23.4 Å². The summed E-state index contributed by atoms with van der Waals surface area (Å²) >= 11 is 0. The van der Waals surface area contributed by atoms with Gasteiger partial charge in [-0.25, -0.2) is 0 Å². The van der Waals surface area contributed by atoms with Crippen LogP contribution in [0.2, 0.25) is 0 Å². The molecule has 0 unspecified atom stereocenters. The molecular formula is C29H39N3O. The molecule has 3 aliphatic heterocycles. The van der Waals surface area contributed by atoms with E-state index in [-0.39, 0.29) is 11.2 Å². The van der Waals surface area contributed by atoms with Gasteiger partial charge in [0.15, 0.2) is 0 Å². The Hall–Kier alpha value is -1.49. The highest BCUT2D eigenvalue weighted by Crippen LogP contribution is 2.67. The number of hydrogen-bond donors (Lipinski definition) is 0. The van der Waals surface area contributed by atoms with Gasteiger partial charge in [-0.2, -0.15) is 0 Å². The number of nitrogens with zero attached hydrogens (tertiary/aromatic N) is 3. The molecule has 0 aromatic carbocycles. The maximum Gasteiger partial charge on any atom is 0.0975 e. The summed E-state index contributed by atoms with van der Waals surface area (Å²) in [5.41, 5.74) is 6.38. The minimum atomic E-state index is -0.0330. The molecule has 4 nitrogen and oxygen atoms in total. The van der Waals surface area contributed by atoms with E-state index in [1.54, 1.807) is 11.1 Å². The zero-order valence-electron chi connectivity index (χ0n) is 20.6. The number of ether oxygens (including phenoxy) is 1. The molecule has 0 N–H and O–H groups in total. The van der Waals surface area contributed by atoms with E-state index in [4.69, 9.17) is 4.74 Å². The third-order valence-electron chi connectivity index (χ3n) is 10.8. The second-order valence-electron chi connectivity index (χ2n) is 12.4. The molecule has 2 spiro atoms. The highest BCUT2D eigenvalue weighted by atomic mass is 16.5. The Balaban J connectivity index is 1.22. The van der Waals surface area contributed by atoms with Crippen LogP contribution in [0.3, 0.4) is 0 Å². The Morgan fingerprint density at radius 1 is 1.12 bits per heavy atom. The molecule has 1 saturated heterocycles. The van der Waals surface area contributed by atoms with Crippen molar-refractivity contribution in [2.75, 3.05) is 20.6 Å². The molecule has 33 heavy (non-hydrogen) atoms. The van der Waals surface area contributed by atoms with Gasteiger partial charge in [0.2, 0.25) is 0 Å². The Kier molecular flexibility index (Phi) is 4.44. The SMILES string of the molecule is CN(C)[C@H]1CCC2=CC3=CC[C@]4(C)[C@@H](N5CCc6ccncc6C5)CC[C@H]4[C@@]34CC[C@]2(C1)O4. The van der Waals surface area contributed by atoms with Crippen molar-refractivity contribution in [1.29, 1.82) is 0 Å². The zero-order chi connectivity index (χ0) is 22.4. The van der Waals surface area contributed by atoms with Gasteiger partial charge in [0.25, 0.3) is 0 Å². The van der Waals surface area contributed by atoms with Crippen LogP contribution in [0.1, 0.15) is 69.4 Å². The van der Waals surface area contributed by atoms with Crippen molar-refractivity contribution in [2.45, 2.75) is 94.5 Å². The van der Waals surface area contributed by atoms with Gasteiger partial charge in [0.05, 0.1) is 11.2 Å². The molecule has 7 rings (SSSR count). The summed E-state index contributed by atoms with van der Waals surface area (Å²) in [6, 6.07) is 3.52. The van der Waals surface area contributed by atoms with Gasteiger partial charge in [0.1, 0.15) is 0 Å². The maximum atomic E-state index is 7.44. The van der Waals surface area contributed by atoms with Crippen molar-refractivity contribution >= 4 is 0 Å². The molecule has 1 aromatic heterocycles. The fourth-order valence-corrected chi connectivity index (χ4v) is 9.07. The van der Waals surface area contributed by atoms with Crippen molar-refractivity contribution in [1.82, 2.24) is 14.8 Å². The van der Waals surface area contributed by atoms with Crippen molar-refractivity contribution in [3.63, 3.8) is 0 Å². The van der Waals surface area contributed by atoms with Gasteiger partial charge in [-0.05, 0) is 112 Å². The normalized spacial score (nSPS) is 43.9. The predicted octanol–water partition coefficient (Wildman–Crippen LogP) is 4.90. The van der Waals surface area contributed by atoms with E-state index >= 15 is 0 Å². The van der Waals surface area contributed by atoms with E-state index in [1.807, 2.05) is 6.20 Å². The largest absolute Gasteiger partial charge is 0.359 e. The van der Waals surface area contributed by atoms with Crippen molar-refractivity contribution < 1.29 is 4.74 Å². The number of fused-ring (bicyclic) bond motifs is 2. The fourth-order valence-electron chi connectivity index (χ4n) is 9.07. The Morgan fingerprint density at radius 2 is 2.03 bits per heavy atom. The van der Waals surface area contributed by atoms with E-state index in [0.717, 1.165) is 6.54 Å². The molecule has 2 bridgehead atoms. The van der Waals surface area contributed by atoms with E-state index in [1.165, 1.54) is 75.5 Å². The average molecular weight is 446 g/mol. The first kappa shape index (κ1) is 20.8. The third-order valence-corrected chi connectivity index (χ3v) is 10.8. The highest BCUT2D eigenvalue weighted by Gasteiger charge is 2.67. The van der Waals surface area contributed by atoms with Gasteiger partial charge in [-0.1, -0.05) is 19.1 Å². The first-order chi connectivity index (χ1) is 15.9. The molecule has 2 saturated carbocycles. The molecule has 4 heterocycles. The van der Waals surface area contributed by atoms with Crippen LogP contribution in [0.5, 0.6) is 0 Å². The second kappa shape index (κ2) is 7.02. The molecule has 0 amide bonds. The number of allylic oxidation sites excluding steroid dienone is 1. The zero-order valence-corrected chi connectivity index (χ0v) is 20.6. The maximum absolute atomic E-state index is 7.44. The van der Waals surface area contributed by atoms with Gasteiger partial charge in [0, 0.05) is 37.6 Å². The van der Waals surface area contributed by atoms with Crippen molar-refractivity contribution in [3.05, 3.63) is 52.9 Å². The first-order valence-electron chi connectivity index (χ1n) is 13.4. The smallest absolute Gasteiger partial charge is 0.0975 e. The molecule has 6 aliphatic rings. The van der Waals surface area contributed by atoms with E-state index in [9.17, 15) is 0 Å². The summed E-state index contributed by atoms with van der Waals surface area (Å²) in [6.45, 7) is 4.86. The van der Waals surface area contributed by atoms with Crippen LogP contribution < -0.4 is 0 Å². The Morgan fingerprint density at radius 3 is 2.91 bits per heavy atom. The second-order valence-corrected chi connectivity index (χ2v) is 12.4. The molecular weight excluding hydrogens is 406 g/mol. The lowest BCUT2D eigenvalue weighted by molar-refractivity contribution is -0.144. The van der Waals surface area contributed by atoms with Gasteiger partial charge >= 0.3 is 0 Å². The lowest BCUT2D eigenvalue weighted by atomic mass is 9.59. The quantitative estimate of drug-likeness (QED) is 0.648. The Bertz CT molecular complexity index is 1050. The molecule has 6 atom stereocenters. The van der Waals surface area contributed by atoms with Crippen LogP contribution in [0, 0.1) is 11.3 Å². The van der Waals surface area contributed by atoms with E-state index in [2.05, 4.69) is 60.2 Å². The topological polar surface area (TPSA) is 28.6 Å². The minimum absolute atomic E-state index is 0.0105. The Labute approximate surface area is 199 Å². The van der Waals surface area contributed by atoms with Crippen LogP contribution in [-0.4, -0.2) is 58.7 Å². The van der Waals surface area contributed by atoms with Crippen LogP contribution in [-0.2, 0) is 17.7 Å². The van der Waals surface area contributed by atoms with Crippen molar-refractivity contribution in [2.24, 2.45) is 11.3 Å². The first-order valence-corrected chi connectivity index (χ1v) is 13.4. The molecule has 3 fully saturated rings. The number of aromatic nitrogens is 1. The third kappa shape index (κ3) is 2.78. The van der Waals surface area contributed by atoms with Gasteiger partial charge in [-0.3, -0.25) is 9.88 Å². The number of rotatable bonds is 2. The summed E-state index contributed by atoms with van der Waals surface area (Å²) in [7, 11) is 4.50. The molecule has 176 valence electrons. The van der Waals surface area contributed by atoms with Gasteiger partial charge < -0.3 is 9.64 Å². The lowest BCUT2D eigenvalue weighted by Gasteiger charge is -2.55. The summed E-state index contributed by atoms with van der Waals surface area (Å²) in [5, 5.41) is 0. The summed E-state index contributed by atoms with van der Waals surface area (Å²) in [6.07, 6.45) is 20.4. The monoisotopic (exact) mass is 445 g/mol. The van der Waals surface area contributed by atoms with Crippen LogP contribution >= 0.6 is 0 Å². The minimum Gasteiger partial charge on any atom is -0.359 e. The summed E-state index contributed by atoms with van der Waals surface area (Å²) in [4.78, 5) is 9.67. The number of pyridine rings is 1. The predicted molar refractivity (Wildman–Crippen MR) is 131 cm³/mol. The van der Waals surface area contributed by atoms with Crippen LogP contribution in [0.25, 0.3) is 0 Å².